The minimum absolute atomic E-state index is 0.557. The fourth-order valence-electron chi connectivity index (χ4n) is 3.00. The molecule has 1 aliphatic heterocycles. The van der Waals surface area contributed by atoms with E-state index in [9.17, 15) is 0 Å². The summed E-state index contributed by atoms with van der Waals surface area (Å²) >= 11 is 17.9. The molecule has 1 N–H and O–H groups in total. The van der Waals surface area contributed by atoms with Gasteiger partial charge in [-0.05, 0) is 54.5 Å². The van der Waals surface area contributed by atoms with E-state index in [1.807, 2.05) is 36.4 Å². The van der Waals surface area contributed by atoms with Crippen molar-refractivity contribution in [2.24, 2.45) is 0 Å². The number of nitrogens with zero attached hydrogens (tertiary/aromatic N) is 2. The quantitative estimate of drug-likeness (QED) is 0.727. The molecule has 138 valence electrons. The minimum atomic E-state index is 0.557. The van der Waals surface area contributed by atoms with Gasteiger partial charge in [0.15, 0.2) is 5.11 Å². The smallest absolute Gasteiger partial charge is 0.174 e. The zero-order chi connectivity index (χ0) is 18.5. The Balaban J connectivity index is 1.60. The molecular formula is C19H21Cl2N3OS. The third-order valence-corrected chi connectivity index (χ3v) is 5.15. The SMILES string of the molecule is COc1ccc(NC(=S)N2CCCN(Cc3cccc(Cl)c3)C2)cc1Cl. The standard InChI is InChI=1S/C19H21Cl2N3OS/c1-25-18-7-6-16(11-17(18)21)22-19(26)24-9-3-8-23(13-24)12-14-4-2-5-15(20)10-14/h2,4-7,10-11H,3,8-9,12-13H2,1H3,(H,22,26). The van der Waals surface area contributed by atoms with E-state index in [0.29, 0.717) is 15.9 Å². The molecule has 2 aromatic carbocycles. The Hall–Kier alpha value is -1.53. The van der Waals surface area contributed by atoms with Crippen LogP contribution in [-0.4, -0.2) is 41.8 Å². The molecule has 3 rings (SSSR count). The number of ether oxygens (including phenoxy) is 1. The number of methoxy groups -OCH3 is 1. The Labute approximate surface area is 169 Å². The molecule has 2 aromatic rings. The molecule has 0 spiro atoms. The van der Waals surface area contributed by atoms with Crippen LogP contribution in [0.1, 0.15) is 12.0 Å². The number of nitrogens with one attached hydrogen (secondary N) is 1. The summed E-state index contributed by atoms with van der Waals surface area (Å²) in [6.45, 7) is 3.61. The first-order valence-corrected chi connectivity index (χ1v) is 9.58. The van der Waals surface area contributed by atoms with E-state index in [1.54, 1.807) is 7.11 Å². The van der Waals surface area contributed by atoms with E-state index in [0.717, 1.165) is 43.4 Å². The maximum Gasteiger partial charge on any atom is 0.174 e. The monoisotopic (exact) mass is 409 g/mol. The Kier molecular flexibility index (Phi) is 6.59. The molecule has 1 fully saturated rings. The predicted molar refractivity (Wildman–Crippen MR) is 112 cm³/mol. The Bertz CT molecular complexity index is 787. The van der Waals surface area contributed by atoms with E-state index in [4.69, 9.17) is 40.2 Å². The maximum absolute atomic E-state index is 6.18. The predicted octanol–water partition coefficient (Wildman–Crippen LogP) is 4.86. The second kappa shape index (κ2) is 8.91. The van der Waals surface area contributed by atoms with Crippen LogP contribution in [0, 0.1) is 0 Å². The van der Waals surface area contributed by atoms with E-state index < -0.39 is 0 Å². The molecule has 1 heterocycles. The number of hydrogen-bond donors (Lipinski definition) is 1. The van der Waals surface area contributed by atoms with Gasteiger partial charge in [0.05, 0.1) is 18.8 Å². The first-order valence-electron chi connectivity index (χ1n) is 8.41. The summed E-state index contributed by atoms with van der Waals surface area (Å²) in [7, 11) is 1.60. The first-order chi connectivity index (χ1) is 12.5. The third kappa shape index (κ3) is 5.01. The molecule has 1 aliphatic rings. The zero-order valence-electron chi connectivity index (χ0n) is 14.5. The van der Waals surface area contributed by atoms with Gasteiger partial charge in [-0.25, -0.2) is 0 Å². The highest BCUT2D eigenvalue weighted by Gasteiger charge is 2.20. The topological polar surface area (TPSA) is 27.7 Å². The molecule has 0 aliphatic carbocycles. The molecular weight excluding hydrogens is 389 g/mol. The average molecular weight is 410 g/mol. The van der Waals surface area contributed by atoms with E-state index in [-0.39, 0.29) is 0 Å². The van der Waals surface area contributed by atoms with Gasteiger partial charge in [0.1, 0.15) is 5.75 Å². The van der Waals surface area contributed by atoms with Crippen LogP contribution in [0.3, 0.4) is 0 Å². The molecule has 0 amide bonds. The first kappa shape index (κ1) is 19.2. The van der Waals surface area contributed by atoms with E-state index in [1.165, 1.54) is 5.56 Å². The van der Waals surface area contributed by atoms with Gasteiger partial charge < -0.3 is 15.0 Å². The van der Waals surface area contributed by atoms with Crippen LogP contribution in [0.5, 0.6) is 5.75 Å². The second-order valence-corrected chi connectivity index (χ2v) is 7.45. The van der Waals surface area contributed by atoms with Crippen LogP contribution in [0.4, 0.5) is 5.69 Å². The fraction of sp³-hybridized carbons (Fsp3) is 0.316. The summed E-state index contributed by atoms with van der Waals surface area (Å²) in [4.78, 5) is 4.53. The molecule has 0 aromatic heterocycles. The van der Waals surface area contributed by atoms with E-state index >= 15 is 0 Å². The summed E-state index contributed by atoms with van der Waals surface area (Å²) in [5.41, 5.74) is 2.06. The number of thiocarbonyl (C=S) groups is 1. The average Bonchev–Trinajstić information content (AvgIpc) is 2.62. The highest BCUT2D eigenvalue weighted by Crippen LogP contribution is 2.27. The maximum atomic E-state index is 6.18. The Morgan fingerprint density at radius 3 is 2.77 bits per heavy atom. The lowest BCUT2D eigenvalue weighted by molar-refractivity contribution is 0.134. The number of hydrogen-bond acceptors (Lipinski definition) is 3. The lowest BCUT2D eigenvalue weighted by Crippen LogP contribution is -2.48. The van der Waals surface area contributed by atoms with Gasteiger partial charge in [-0.3, -0.25) is 4.90 Å². The van der Waals surface area contributed by atoms with Crippen molar-refractivity contribution in [2.75, 3.05) is 32.2 Å². The van der Waals surface area contributed by atoms with Crippen molar-refractivity contribution in [3.63, 3.8) is 0 Å². The van der Waals surface area contributed by atoms with Crippen LogP contribution in [0.2, 0.25) is 10.0 Å². The lowest BCUT2D eigenvalue weighted by Gasteiger charge is -2.37. The van der Waals surface area contributed by atoms with E-state index in [2.05, 4.69) is 21.2 Å². The summed E-state index contributed by atoms with van der Waals surface area (Å²) in [5.74, 6) is 0.647. The minimum Gasteiger partial charge on any atom is -0.495 e. The molecule has 0 unspecified atom stereocenters. The van der Waals surface area contributed by atoms with Crippen molar-refractivity contribution in [1.29, 1.82) is 0 Å². The molecule has 0 radical (unpaired) electrons. The number of halogens is 2. The molecule has 0 atom stereocenters. The summed E-state index contributed by atoms with van der Waals surface area (Å²) in [5, 5.41) is 5.29. The van der Waals surface area contributed by atoms with Gasteiger partial charge in [0, 0.05) is 30.3 Å². The van der Waals surface area contributed by atoms with Gasteiger partial charge >= 0.3 is 0 Å². The number of benzene rings is 2. The van der Waals surface area contributed by atoms with Crippen molar-refractivity contribution in [2.45, 2.75) is 13.0 Å². The summed E-state index contributed by atoms with van der Waals surface area (Å²) < 4.78 is 5.18. The van der Waals surface area contributed by atoms with Crippen LogP contribution in [-0.2, 0) is 6.54 Å². The zero-order valence-corrected chi connectivity index (χ0v) is 16.9. The highest BCUT2D eigenvalue weighted by atomic mass is 35.5. The van der Waals surface area contributed by atoms with Crippen molar-refractivity contribution in [3.8, 4) is 5.75 Å². The van der Waals surface area contributed by atoms with Gasteiger partial charge in [-0.2, -0.15) is 0 Å². The molecule has 0 saturated carbocycles. The van der Waals surface area contributed by atoms with Crippen LogP contribution >= 0.6 is 35.4 Å². The van der Waals surface area contributed by atoms with Gasteiger partial charge in [-0.15, -0.1) is 0 Å². The second-order valence-electron chi connectivity index (χ2n) is 6.22. The number of anilines is 1. The molecule has 7 heteroatoms. The van der Waals surface area contributed by atoms with Crippen LogP contribution in [0.25, 0.3) is 0 Å². The highest BCUT2D eigenvalue weighted by molar-refractivity contribution is 7.80. The van der Waals surface area contributed by atoms with Crippen LogP contribution < -0.4 is 10.1 Å². The number of rotatable bonds is 4. The van der Waals surface area contributed by atoms with Crippen LogP contribution in [0.15, 0.2) is 42.5 Å². The molecule has 26 heavy (non-hydrogen) atoms. The molecule has 1 saturated heterocycles. The lowest BCUT2D eigenvalue weighted by atomic mass is 10.2. The molecule has 0 bridgehead atoms. The van der Waals surface area contributed by atoms with Crippen molar-refractivity contribution in [1.82, 2.24) is 9.80 Å². The molecule has 4 nitrogen and oxygen atoms in total. The van der Waals surface area contributed by atoms with Crippen molar-refractivity contribution < 1.29 is 4.74 Å². The normalized spacial score (nSPS) is 15.0. The van der Waals surface area contributed by atoms with Gasteiger partial charge in [0.25, 0.3) is 0 Å². The van der Waals surface area contributed by atoms with Crippen molar-refractivity contribution in [3.05, 3.63) is 58.1 Å². The van der Waals surface area contributed by atoms with Crippen molar-refractivity contribution >= 4 is 46.2 Å². The largest absolute Gasteiger partial charge is 0.495 e. The fourth-order valence-corrected chi connectivity index (χ4v) is 3.74. The summed E-state index contributed by atoms with van der Waals surface area (Å²) in [6.07, 6.45) is 1.06. The van der Waals surface area contributed by atoms with Gasteiger partial charge in [-0.1, -0.05) is 35.3 Å². The Morgan fingerprint density at radius 1 is 1.19 bits per heavy atom. The van der Waals surface area contributed by atoms with Gasteiger partial charge in [0.2, 0.25) is 0 Å². The summed E-state index contributed by atoms with van der Waals surface area (Å²) in [6, 6.07) is 13.5. The third-order valence-electron chi connectivity index (χ3n) is 4.26. The Morgan fingerprint density at radius 2 is 2.04 bits per heavy atom.